The van der Waals surface area contributed by atoms with Crippen molar-refractivity contribution in [1.82, 2.24) is 0 Å². The molecule has 0 saturated heterocycles. The first-order valence-corrected chi connectivity index (χ1v) is 11.6. The van der Waals surface area contributed by atoms with Crippen LogP contribution in [0.2, 0.25) is 0 Å². The number of hydrogen-bond acceptors (Lipinski definition) is 6. The van der Waals surface area contributed by atoms with Crippen LogP contribution in [0.4, 0.5) is 11.4 Å². The molecule has 0 aliphatic rings. The van der Waals surface area contributed by atoms with E-state index in [9.17, 15) is 18.0 Å². The smallest absolute Gasteiger partial charge is 0.337 e. The van der Waals surface area contributed by atoms with Gasteiger partial charge in [-0.25, -0.2) is 13.2 Å². The van der Waals surface area contributed by atoms with E-state index in [1.54, 1.807) is 85.8 Å². The summed E-state index contributed by atoms with van der Waals surface area (Å²) in [6, 6.07) is 21.0. The fourth-order valence-electron chi connectivity index (χ4n) is 3.07. The summed E-state index contributed by atoms with van der Waals surface area (Å²) in [6.45, 7) is 1.78. The van der Waals surface area contributed by atoms with Crippen molar-refractivity contribution in [2.75, 3.05) is 29.9 Å². The van der Waals surface area contributed by atoms with E-state index < -0.39 is 16.0 Å². The van der Waals surface area contributed by atoms with Crippen LogP contribution < -0.4 is 14.4 Å². The number of nitrogens with zero attached hydrogens (tertiary/aromatic N) is 1. The summed E-state index contributed by atoms with van der Waals surface area (Å²) < 4.78 is 37.3. The molecule has 0 atom stereocenters. The molecule has 0 aliphatic carbocycles. The second-order valence-electron chi connectivity index (χ2n) is 6.88. The van der Waals surface area contributed by atoms with Crippen LogP contribution in [0.1, 0.15) is 17.3 Å². The number of methoxy groups -OCH3 is 1. The minimum atomic E-state index is -3.69. The van der Waals surface area contributed by atoms with Gasteiger partial charge in [-0.1, -0.05) is 18.2 Å². The molecule has 0 fully saturated rings. The molecule has 1 amide bonds. The highest BCUT2D eigenvalue weighted by molar-refractivity contribution is 7.92. The Morgan fingerprint density at radius 3 is 2.12 bits per heavy atom. The highest BCUT2D eigenvalue weighted by atomic mass is 32.2. The van der Waals surface area contributed by atoms with E-state index in [4.69, 9.17) is 4.74 Å². The number of sulfonamides is 1. The number of rotatable bonds is 9. The van der Waals surface area contributed by atoms with E-state index in [1.165, 1.54) is 11.4 Å². The lowest BCUT2D eigenvalue weighted by molar-refractivity contribution is -0.118. The molecule has 3 rings (SSSR count). The number of ether oxygens (including phenoxy) is 2. The van der Waals surface area contributed by atoms with Crippen molar-refractivity contribution in [2.45, 2.75) is 11.8 Å². The van der Waals surface area contributed by atoms with Crippen molar-refractivity contribution in [3.05, 3.63) is 84.4 Å². The molecule has 3 aromatic rings. The number of amides is 1. The summed E-state index contributed by atoms with van der Waals surface area (Å²) in [5.41, 5.74) is 1.38. The number of benzene rings is 3. The monoisotopic (exact) mass is 468 g/mol. The van der Waals surface area contributed by atoms with E-state index >= 15 is 0 Å². The zero-order valence-corrected chi connectivity index (χ0v) is 19.0. The van der Waals surface area contributed by atoms with Gasteiger partial charge in [0.1, 0.15) is 5.75 Å². The SMILES string of the molecule is CCN(c1ccc(OCC(=O)Nc2ccc(C(=O)OC)cc2)cc1)S(=O)(=O)c1ccccc1. The van der Waals surface area contributed by atoms with Gasteiger partial charge in [0, 0.05) is 12.2 Å². The summed E-state index contributed by atoms with van der Waals surface area (Å²) in [6.07, 6.45) is 0. The van der Waals surface area contributed by atoms with Crippen molar-refractivity contribution >= 4 is 33.3 Å². The Labute approximate surface area is 192 Å². The maximum atomic E-state index is 12.9. The summed E-state index contributed by atoms with van der Waals surface area (Å²) in [7, 11) is -2.39. The fraction of sp³-hybridized carbons (Fsp3) is 0.167. The van der Waals surface area contributed by atoms with E-state index in [0.717, 1.165) is 0 Å². The average molecular weight is 469 g/mol. The Kier molecular flexibility index (Phi) is 7.68. The summed E-state index contributed by atoms with van der Waals surface area (Å²) in [5.74, 6) is -0.423. The van der Waals surface area contributed by atoms with Gasteiger partial charge in [-0.05, 0) is 67.6 Å². The van der Waals surface area contributed by atoms with Crippen molar-refractivity contribution in [1.29, 1.82) is 0 Å². The lowest BCUT2D eigenvalue weighted by Crippen LogP contribution is -2.30. The third kappa shape index (κ3) is 5.89. The molecule has 8 nitrogen and oxygen atoms in total. The normalized spacial score (nSPS) is 10.8. The Bertz CT molecular complexity index is 1190. The standard InChI is InChI=1S/C24H24N2O6S/c1-3-26(33(29,30)22-7-5-4-6-8-22)20-13-15-21(16-14-20)32-17-23(27)25-19-11-9-18(10-12-19)24(28)31-2/h4-16H,3,17H2,1-2H3,(H,25,27). The summed E-state index contributed by atoms with van der Waals surface area (Å²) in [4.78, 5) is 23.8. The lowest BCUT2D eigenvalue weighted by atomic mass is 10.2. The minimum Gasteiger partial charge on any atom is -0.484 e. The van der Waals surface area contributed by atoms with Gasteiger partial charge in [0.15, 0.2) is 6.61 Å². The van der Waals surface area contributed by atoms with E-state index in [-0.39, 0.29) is 24.0 Å². The number of carbonyl (C=O) groups is 2. The molecule has 1 N–H and O–H groups in total. The van der Waals surface area contributed by atoms with Gasteiger partial charge >= 0.3 is 5.97 Å². The highest BCUT2D eigenvalue weighted by Crippen LogP contribution is 2.25. The van der Waals surface area contributed by atoms with Crippen LogP contribution in [0.5, 0.6) is 5.75 Å². The second kappa shape index (κ2) is 10.6. The van der Waals surface area contributed by atoms with E-state index in [0.29, 0.717) is 22.7 Å². The zero-order valence-electron chi connectivity index (χ0n) is 18.2. The Balaban J connectivity index is 1.60. The number of carbonyl (C=O) groups excluding carboxylic acids is 2. The van der Waals surface area contributed by atoms with Gasteiger partial charge in [-0.3, -0.25) is 9.10 Å². The largest absolute Gasteiger partial charge is 0.484 e. The van der Waals surface area contributed by atoms with Crippen molar-refractivity contribution in [3.63, 3.8) is 0 Å². The van der Waals surface area contributed by atoms with Crippen molar-refractivity contribution in [2.24, 2.45) is 0 Å². The van der Waals surface area contributed by atoms with Gasteiger partial charge in [-0.2, -0.15) is 0 Å². The summed E-state index contributed by atoms with van der Waals surface area (Å²) in [5, 5.41) is 2.67. The number of anilines is 2. The maximum Gasteiger partial charge on any atom is 0.337 e. The molecule has 0 radical (unpaired) electrons. The van der Waals surface area contributed by atoms with Crippen LogP contribution in [0, 0.1) is 0 Å². The molecule has 0 spiro atoms. The van der Waals surface area contributed by atoms with Gasteiger partial charge < -0.3 is 14.8 Å². The third-order valence-corrected chi connectivity index (χ3v) is 6.62. The van der Waals surface area contributed by atoms with Crippen molar-refractivity contribution in [3.8, 4) is 5.75 Å². The van der Waals surface area contributed by atoms with Crippen LogP contribution in [0.3, 0.4) is 0 Å². The maximum absolute atomic E-state index is 12.9. The van der Waals surface area contributed by atoms with E-state index in [1.807, 2.05) is 0 Å². The Hall–Kier alpha value is -3.85. The molecule has 0 unspecified atom stereocenters. The Morgan fingerprint density at radius 2 is 1.55 bits per heavy atom. The van der Waals surface area contributed by atoms with Crippen molar-refractivity contribution < 1.29 is 27.5 Å². The van der Waals surface area contributed by atoms with Gasteiger partial charge in [0.05, 0.1) is 23.3 Å². The molecule has 172 valence electrons. The first-order chi connectivity index (χ1) is 15.8. The van der Waals surface area contributed by atoms with Gasteiger partial charge in [0.25, 0.3) is 15.9 Å². The highest BCUT2D eigenvalue weighted by Gasteiger charge is 2.23. The molecule has 0 aromatic heterocycles. The summed E-state index contributed by atoms with van der Waals surface area (Å²) >= 11 is 0. The predicted molar refractivity (Wildman–Crippen MR) is 125 cm³/mol. The third-order valence-electron chi connectivity index (χ3n) is 4.70. The number of esters is 1. The first kappa shape index (κ1) is 23.8. The van der Waals surface area contributed by atoms with Crippen LogP contribution in [0.15, 0.2) is 83.8 Å². The molecule has 9 heteroatoms. The minimum absolute atomic E-state index is 0.212. The quantitative estimate of drug-likeness (QED) is 0.481. The molecular weight excluding hydrogens is 444 g/mol. The van der Waals surface area contributed by atoms with E-state index in [2.05, 4.69) is 10.1 Å². The van der Waals surface area contributed by atoms with Crippen LogP contribution in [-0.4, -0.2) is 40.6 Å². The average Bonchev–Trinajstić information content (AvgIpc) is 2.84. The lowest BCUT2D eigenvalue weighted by Gasteiger charge is -2.23. The van der Waals surface area contributed by atoms with Crippen LogP contribution in [-0.2, 0) is 19.6 Å². The predicted octanol–water partition coefficient (Wildman–Crippen LogP) is 3.71. The van der Waals surface area contributed by atoms with Gasteiger partial charge in [0.2, 0.25) is 0 Å². The Morgan fingerprint density at radius 1 is 0.909 bits per heavy atom. The molecular formula is C24H24N2O6S. The topological polar surface area (TPSA) is 102 Å². The zero-order chi connectivity index (χ0) is 23.8. The molecule has 3 aromatic carbocycles. The molecule has 0 bridgehead atoms. The fourth-order valence-corrected chi connectivity index (χ4v) is 4.57. The molecule has 0 aliphatic heterocycles. The molecule has 0 saturated carbocycles. The second-order valence-corrected chi connectivity index (χ2v) is 8.74. The van der Waals surface area contributed by atoms with Crippen LogP contribution in [0.25, 0.3) is 0 Å². The number of nitrogens with one attached hydrogen (secondary N) is 1. The number of hydrogen-bond donors (Lipinski definition) is 1. The molecule has 0 heterocycles. The van der Waals surface area contributed by atoms with Gasteiger partial charge in [-0.15, -0.1) is 0 Å². The first-order valence-electron chi connectivity index (χ1n) is 10.1. The van der Waals surface area contributed by atoms with Crippen LogP contribution >= 0.6 is 0 Å². The molecule has 33 heavy (non-hydrogen) atoms.